The van der Waals surface area contributed by atoms with Gasteiger partial charge in [0.15, 0.2) is 6.10 Å². The van der Waals surface area contributed by atoms with Crippen molar-refractivity contribution in [2.45, 2.75) is 213 Å². The summed E-state index contributed by atoms with van der Waals surface area (Å²) in [4.78, 5) is 48.3. The third kappa shape index (κ3) is 49.1. The second kappa shape index (κ2) is 51.5. The number of ether oxygens (including phenoxy) is 3. The van der Waals surface area contributed by atoms with Crippen molar-refractivity contribution in [1.29, 1.82) is 0 Å². The molecule has 3 unspecified atom stereocenters. The second-order valence-corrected chi connectivity index (χ2v) is 18.7. The largest absolute Gasteiger partial charge is 0.472 e. The van der Waals surface area contributed by atoms with Gasteiger partial charge in [0.05, 0.1) is 19.8 Å². The first-order valence-electron chi connectivity index (χ1n) is 26.8. The average molecular weight is 999 g/mol. The molecular formula is C58H95O11P. The fourth-order valence-electron chi connectivity index (χ4n) is 6.63. The quantitative estimate of drug-likeness (QED) is 0.0197. The monoisotopic (exact) mass is 999 g/mol. The zero-order valence-corrected chi connectivity index (χ0v) is 44.6. The molecule has 0 aromatic carbocycles. The normalized spacial score (nSPS) is 14.3. The Balaban J connectivity index is 4.88. The number of carbonyl (C=O) groups is 3. The lowest BCUT2D eigenvalue weighted by atomic mass is 10.1. The first-order chi connectivity index (χ1) is 34.2. The lowest BCUT2D eigenvalue weighted by Crippen LogP contribution is -2.30. The minimum atomic E-state index is -4.77. The number of aliphatic hydroxyl groups excluding tert-OH is 1. The maximum Gasteiger partial charge on any atom is 0.472 e. The smallest absolute Gasteiger partial charge is 0.462 e. The average Bonchev–Trinajstić information content (AvgIpc) is 3.35. The Hall–Kier alpha value is -3.86. The molecule has 3 atom stereocenters. The third-order valence-electron chi connectivity index (χ3n) is 10.7. The topological polar surface area (TPSA) is 155 Å². The number of phosphoric ester groups is 1. The van der Waals surface area contributed by atoms with Gasteiger partial charge in [-0.15, -0.1) is 0 Å². The molecule has 70 heavy (non-hydrogen) atoms. The van der Waals surface area contributed by atoms with Crippen LogP contribution < -0.4 is 0 Å². The summed E-state index contributed by atoms with van der Waals surface area (Å²) in [5.41, 5.74) is 0. The molecule has 11 nitrogen and oxygen atoms in total. The third-order valence-corrected chi connectivity index (χ3v) is 11.6. The van der Waals surface area contributed by atoms with Crippen LogP contribution in [0.15, 0.2) is 109 Å². The van der Waals surface area contributed by atoms with Crippen molar-refractivity contribution in [3.8, 4) is 0 Å². The van der Waals surface area contributed by atoms with Gasteiger partial charge in [-0.05, 0) is 116 Å². The van der Waals surface area contributed by atoms with E-state index in [1.807, 2.05) is 12.2 Å². The van der Waals surface area contributed by atoms with Crippen LogP contribution >= 0.6 is 7.82 Å². The highest BCUT2D eigenvalue weighted by atomic mass is 31.2. The van der Waals surface area contributed by atoms with Crippen LogP contribution in [0, 0.1) is 0 Å². The molecule has 2 N–H and O–H groups in total. The Bertz CT molecular complexity index is 1590. The summed E-state index contributed by atoms with van der Waals surface area (Å²) in [6, 6.07) is 0. The van der Waals surface area contributed by atoms with E-state index in [-0.39, 0.29) is 25.9 Å². The van der Waals surface area contributed by atoms with Gasteiger partial charge in [0.25, 0.3) is 0 Å². The Morgan fingerprint density at radius 1 is 0.414 bits per heavy atom. The SMILES string of the molecule is CC/C=C\C/C=C\C/C=C\C/C=C\C/C=C\CCCC(=O)OC(COC(=O)CCCCC/C=C\C/C=C\C/C=C\CC)COP(=O)(O)OCC(CO)OC(=O)CCCCCCC/C=C\CCCCCC. The summed E-state index contributed by atoms with van der Waals surface area (Å²) in [6.45, 7) is 4.26. The van der Waals surface area contributed by atoms with Gasteiger partial charge < -0.3 is 24.2 Å². The van der Waals surface area contributed by atoms with Crippen molar-refractivity contribution in [1.82, 2.24) is 0 Å². The highest BCUT2D eigenvalue weighted by Crippen LogP contribution is 2.43. The number of rotatable bonds is 48. The number of carbonyl (C=O) groups excluding carboxylic acids is 3. The van der Waals surface area contributed by atoms with E-state index in [0.29, 0.717) is 25.7 Å². The van der Waals surface area contributed by atoms with Crippen molar-refractivity contribution in [2.75, 3.05) is 26.4 Å². The van der Waals surface area contributed by atoms with Crippen molar-refractivity contribution < 1.29 is 52.2 Å². The van der Waals surface area contributed by atoms with Crippen molar-refractivity contribution >= 4 is 25.7 Å². The van der Waals surface area contributed by atoms with Crippen LogP contribution in [0.4, 0.5) is 0 Å². The van der Waals surface area contributed by atoms with E-state index in [1.165, 1.54) is 25.7 Å². The Labute approximate surface area is 425 Å². The van der Waals surface area contributed by atoms with Crippen LogP contribution in [0.1, 0.15) is 201 Å². The molecule has 0 aromatic heterocycles. The van der Waals surface area contributed by atoms with Crippen LogP contribution in [0.25, 0.3) is 0 Å². The molecule has 398 valence electrons. The van der Waals surface area contributed by atoms with Gasteiger partial charge in [-0.2, -0.15) is 0 Å². The Morgan fingerprint density at radius 3 is 1.23 bits per heavy atom. The zero-order chi connectivity index (χ0) is 51.3. The molecule has 0 spiro atoms. The molecule has 0 aromatic rings. The van der Waals surface area contributed by atoms with Crippen LogP contribution in [0.5, 0.6) is 0 Å². The van der Waals surface area contributed by atoms with Crippen molar-refractivity contribution in [3.05, 3.63) is 109 Å². The summed E-state index contributed by atoms with van der Waals surface area (Å²) in [5.74, 6) is -1.59. The molecule has 0 amide bonds. The summed E-state index contributed by atoms with van der Waals surface area (Å²) in [6.07, 6.45) is 60.7. The summed E-state index contributed by atoms with van der Waals surface area (Å²) in [7, 11) is -4.77. The van der Waals surface area contributed by atoms with Gasteiger partial charge in [0.1, 0.15) is 12.7 Å². The number of hydrogen-bond acceptors (Lipinski definition) is 10. The predicted octanol–water partition coefficient (Wildman–Crippen LogP) is 15.5. The first-order valence-corrected chi connectivity index (χ1v) is 28.3. The number of esters is 3. The zero-order valence-electron chi connectivity index (χ0n) is 43.7. The summed E-state index contributed by atoms with van der Waals surface area (Å²) >= 11 is 0. The molecule has 0 aliphatic heterocycles. The number of hydrogen-bond donors (Lipinski definition) is 2. The summed E-state index contributed by atoms with van der Waals surface area (Å²) in [5, 5.41) is 9.78. The summed E-state index contributed by atoms with van der Waals surface area (Å²) < 4.78 is 39.3. The van der Waals surface area contributed by atoms with E-state index < -0.39 is 57.8 Å². The van der Waals surface area contributed by atoms with Gasteiger partial charge in [-0.3, -0.25) is 23.4 Å². The number of unbranched alkanes of at least 4 members (excludes halogenated alkanes) is 13. The predicted molar refractivity (Wildman–Crippen MR) is 288 cm³/mol. The second-order valence-electron chi connectivity index (χ2n) is 17.3. The van der Waals surface area contributed by atoms with Gasteiger partial charge in [-0.25, -0.2) is 4.57 Å². The van der Waals surface area contributed by atoms with E-state index in [2.05, 4.69) is 118 Å². The van der Waals surface area contributed by atoms with Gasteiger partial charge in [-0.1, -0.05) is 175 Å². The number of allylic oxidation sites excluding steroid dienone is 18. The minimum absolute atomic E-state index is 0.0769. The Kier molecular flexibility index (Phi) is 48.7. The van der Waals surface area contributed by atoms with Gasteiger partial charge in [0, 0.05) is 19.3 Å². The molecule has 12 heteroatoms. The minimum Gasteiger partial charge on any atom is -0.462 e. The van der Waals surface area contributed by atoms with Gasteiger partial charge >= 0.3 is 25.7 Å². The molecule has 0 heterocycles. The molecule has 0 rings (SSSR count). The van der Waals surface area contributed by atoms with E-state index >= 15 is 0 Å². The molecule has 0 aliphatic rings. The van der Waals surface area contributed by atoms with E-state index in [1.54, 1.807) is 0 Å². The highest BCUT2D eigenvalue weighted by Gasteiger charge is 2.28. The van der Waals surface area contributed by atoms with E-state index in [0.717, 1.165) is 109 Å². The fraction of sp³-hybridized carbons (Fsp3) is 0.638. The molecule has 0 saturated heterocycles. The van der Waals surface area contributed by atoms with E-state index in [9.17, 15) is 28.9 Å². The molecule has 0 radical (unpaired) electrons. The highest BCUT2D eigenvalue weighted by molar-refractivity contribution is 7.47. The van der Waals surface area contributed by atoms with Crippen molar-refractivity contribution in [3.63, 3.8) is 0 Å². The Morgan fingerprint density at radius 2 is 0.757 bits per heavy atom. The van der Waals surface area contributed by atoms with E-state index in [4.69, 9.17) is 23.3 Å². The molecule has 0 fully saturated rings. The van der Waals surface area contributed by atoms with Crippen LogP contribution in [0.3, 0.4) is 0 Å². The standard InChI is InChI=1S/C58H95O11P/c1-4-7-10-13-16-19-22-25-26-27-28-31-34-37-40-43-46-49-58(62)69-55(51-65-56(60)47-44-41-38-35-32-29-23-20-17-14-11-8-5-2)53-67-70(63,64)66-52-54(50-59)68-57(61)48-45-42-39-36-33-30-24-21-18-15-12-9-6-3/h7-8,10-11,16-17,19-21,24-26,28-29,31-32,37,40,54-55,59H,4-6,9,12-15,18,22-23,27,30,33-36,38-39,41-53H2,1-3H3,(H,63,64)/b10-7-,11-8-,19-16-,20-17-,24-21-,26-25-,31-28-,32-29-,40-37-. The van der Waals surface area contributed by atoms with Crippen LogP contribution in [-0.4, -0.2) is 66.5 Å². The number of phosphoric acid groups is 1. The lowest BCUT2D eigenvalue weighted by Gasteiger charge is -2.21. The molecule has 0 bridgehead atoms. The van der Waals surface area contributed by atoms with Gasteiger partial charge in [0.2, 0.25) is 0 Å². The van der Waals surface area contributed by atoms with Crippen LogP contribution in [0.2, 0.25) is 0 Å². The van der Waals surface area contributed by atoms with Crippen molar-refractivity contribution in [2.24, 2.45) is 0 Å². The number of aliphatic hydroxyl groups is 1. The lowest BCUT2D eigenvalue weighted by molar-refractivity contribution is -0.161. The molecule has 0 aliphatic carbocycles. The maximum atomic E-state index is 12.9. The maximum absolute atomic E-state index is 12.9. The van der Waals surface area contributed by atoms with Crippen LogP contribution in [-0.2, 0) is 42.2 Å². The fourth-order valence-corrected chi connectivity index (χ4v) is 7.42. The molecule has 0 saturated carbocycles. The first kappa shape index (κ1) is 66.1. The molecular weight excluding hydrogens is 904 g/mol.